The largest absolute Gasteiger partial charge is 0.496 e. The Bertz CT molecular complexity index is 1990. The van der Waals surface area contributed by atoms with Crippen molar-refractivity contribution in [1.29, 1.82) is 5.26 Å². The molecule has 0 radical (unpaired) electrons. The van der Waals surface area contributed by atoms with E-state index in [4.69, 9.17) is 9.47 Å². The number of halogens is 1. The summed E-state index contributed by atoms with van der Waals surface area (Å²) in [7, 11) is -3.79. The number of aromatic nitrogens is 3. The molecule has 1 aliphatic heterocycles. The van der Waals surface area contributed by atoms with Crippen LogP contribution in [-0.2, 0) is 15.2 Å². The molecule has 0 spiro atoms. The normalized spacial score (nSPS) is 14.6. The molecule has 2 aromatic carbocycles. The van der Waals surface area contributed by atoms with Crippen LogP contribution in [0.3, 0.4) is 0 Å². The maximum Gasteiger partial charge on any atom is 0.488 e. The second-order valence-corrected chi connectivity index (χ2v) is 10.2. The standard InChI is InChI=1S/C27H21FN4O6S/c1-36-24-11-21-23(10-20(24)16-9-18(14-30-13-16)38-39(28,34)35)32(17-4-6-37-7-5-17)27-25(26(21)33)19-3-2-15(12-29)8-22(19)31-27/h2-3,8-11,13-14,17,31H,4-7H2,1H3. The van der Waals surface area contributed by atoms with Crippen molar-refractivity contribution < 1.29 is 26.0 Å². The van der Waals surface area contributed by atoms with Gasteiger partial charge in [-0.1, -0.05) is 9.95 Å². The molecule has 0 unspecified atom stereocenters. The van der Waals surface area contributed by atoms with Crippen LogP contribution in [0, 0.1) is 11.3 Å². The predicted molar refractivity (Wildman–Crippen MR) is 142 cm³/mol. The number of hydrogen-bond donors (Lipinski definition) is 1. The quantitative estimate of drug-likeness (QED) is 0.317. The Balaban J connectivity index is 1.69. The Kier molecular flexibility index (Phi) is 5.97. The number of benzene rings is 2. The zero-order chi connectivity index (χ0) is 27.3. The Morgan fingerprint density at radius 3 is 2.67 bits per heavy atom. The molecule has 0 atom stereocenters. The summed E-state index contributed by atoms with van der Waals surface area (Å²) < 4.78 is 52.9. The molecule has 6 rings (SSSR count). The molecule has 1 fully saturated rings. The van der Waals surface area contributed by atoms with E-state index in [2.05, 4.69) is 24.8 Å². The number of H-pyrrole nitrogens is 1. The van der Waals surface area contributed by atoms with Crippen LogP contribution in [0.15, 0.2) is 53.6 Å². The number of aromatic amines is 1. The Morgan fingerprint density at radius 2 is 1.95 bits per heavy atom. The van der Waals surface area contributed by atoms with Crippen molar-refractivity contribution in [2.45, 2.75) is 18.9 Å². The van der Waals surface area contributed by atoms with Crippen molar-refractivity contribution >= 4 is 43.3 Å². The smallest absolute Gasteiger partial charge is 0.488 e. The third-order valence-electron chi connectivity index (χ3n) is 6.97. The third kappa shape index (κ3) is 4.35. The maximum atomic E-state index is 14.0. The first-order chi connectivity index (χ1) is 18.8. The van der Waals surface area contributed by atoms with Gasteiger partial charge < -0.3 is 23.2 Å². The van der Waals surface area contributed by atoms with Gasteiger partial charge in [0.25, 0.3) is 0 Å². The number of methoxy groups -OCH3 is 1. The fraction of sp³-hybridized carbons (Fsp3) is 0.222. The Morgan fingerprint density at radius 1 is 1.15 bits per heavy atom. The van der Waals surface area contributed by atoms with Gasteiger partial charge in [0.1, 0.15) is 11.4 Å². The van der Waals surface area contributed by atoms with Crippen LogP contribution < -0.4 is 14.3 Å². The first-order valence-corrected chi connectivity index (χ1v) is 13.4. The minimum Gasteiger partial charge on any atom is -0.496 e. The van der Waals surface area contributed by atoms with E-state index in [1.165, 1.54) is 19.4 Å². The zero-order valence-corrected chi connectivity index (χ0v) is 21.4. The van der Waals surface area contributed by atoms with E-state index in [-0.39, 0.29) is 17.2 Å². The number of fused-ring (bicyclic) bond motifs is 4. The summed E-state index contributed by atoms with van der Waals surface area (Å²) in [6.07, 6.45) is 3.97. The van der Waals surface area contributed by atoms with Crippen molar-refractivity contribution in [2.24, 2.45) is 0 Å². The zero-order valence-electron chi connectivity index (χ0n) is 20.6. The maximum absolute atomic E-state index is 14.0. The molecule has 12 heteroatoms. The monoisotopic (exact) mass is 548 g/mol. The first-order valence-electron chi connectivity index (χ1n) is 12.1. The number of ether oxygens (including phenoxy) is 2. The number of hydrogen-bond acceptors (Lipinski definition) is 8. The minimum absolute atomic E-state index is 0.00133. The van der Waals surface area contributed by atoms with Crippen molar-refractivity contribution in [1.82, 2.24) is 14.5 Å². The molecule has 1 saturated heterocycles. The van der Waals surface area contributed by atoms with E-state index in [1.807, 2.05) is 0 Å². The summed E-state index contributed by atoms with van der Waals surface area (Å²) in [6, 6.07) is 12.1. The van der Waals surface area contributed by atoms with Crippen LogP contribution in [-0.4, -0.2) is 43.3 Å². The summed E-state index contributed by atoms with van der Waals surface area (Å²) >= 11 is 0. The number of nitriles is 1. The Labute approximate surface area is 221 Å². The molecule has 0 bridgehead atoms. The van der Waals surface area contributed by atoms with Gasteiger partial charge >= 0.3 is 10.5 Å². The highest BCUT2D eigenvalue weighted by molar-refractivity contribution is 7.81. The molecule has 39 heavy (non-hydrogen) atoms. The highest BCUT2D eigenvalue weighted by Crippen LogP contribution is 2.39. The highest BCUT2D eigenvalue weighted by atomic mass is 32.3. The average molecular weight is 549 g/mol. The molecule has 10 nitrogen and oxygen atoms in total. The minimum atomic E-state index is -5.25. The molecule has 0 saturated carbocycles. The summed E-state index contributed by atoms with van der Waals surface area (Å²) in [4.78, 5) is 21.3. The lowest BCUT2D eigenvalue weighted by Crippen LogP contribution is -2.22. The summed E-state index contributed by atoms with van der Waals surface area (Å²) in [5, 5.41) is 11.0. The van der Waals surface area contributed by atoms with Gasteiger partial charge in [-0.2, -0.15) is 13.7 Å². The van der Waals surface area contributed by atoms with Gasteiger partial charge in [-0.25, -0.2) is 0 Å². The van der Waals surface area contributed by atoms with Gasteiger partial charge in [-0.15, -0.1) is 0 Å². The van der Waals surface area contributed by atoms with Gasteiger partial charge in [0.05, 0.1) is 41.2 Å². The molecule has 5 aromatic rings. The highest BCUT2D eigenvalue weighted by Gasteiger charge is 2.25. The van der Waals surface area contributed by atoms with Crippen molar-refractivity contribution in [3.63, 3.8) is 0 Å². The van der Waals surface area contributed by atoms with Gasteiger partial charge in [0.15, 0.2) is 11.2 Å². The third-order valence-corrected chi connectivity index (χ3v) is 7.37. The number of nitrogens with zero attached hydrogens (tertiary/aromatic N) is 3. The van der Waals surface area contributed by atoms with E-state index < -0.39 is 10.5 Å². The second-order valence-electron chi connectivity index (χ2n) is 9.22. The van der Waals surface area contributed by atoms with Gasteiger partial charge in [-0.3, -0.25) is 9.78 Å². The molecular formula is C27H21FN4O6S. The molecule has 1 N–H and O–H groups in total. The molecular weight excluding hydrogens is 527 g/mol. The van der Waals surface area contributed by atoms with E-state index in [0.717, 1.165) is 6.20 Å². The van der Waals surface area contributed by atoms with Gasteiger partial charge in [-0.05, 0) is 43.2 Å². The Hall–Kier alpha value is -4.47. The predicted octanol–water partition coefficient (Wildman–Crippen LogP) is 4.52. The lowest BCUT2D eigenvalue weighted by atomic mass is 10.00. The molecule has 0 aliphatic carbocycles. The fourth-order valence-corrected chi connectivity index (χ4v) is 5.63. The van der Waals surface area contributed by atoms with Crippen molar-refractivity contribution in [3.05, 3.63) is 64.6 Å². The number of nitrogens with one attached hydrogen (secondary N) is 1. The summed E-state index contributed by atoms with van der Waals surface area (Å²) in [5.74, 6) is 0.0319. The fourth-order valence-electron chi connectivity index (χ4n) is 5.31. The van der Waals surface area contributed by atoms with Crippen molar-refractivity contribution in [2.75, 3.05) is 20.3 Å². The van der Waals surface area contributed by atoms with Crippen LogP contribution in [0.4, 0.5) is 3.89 Å². The lowest BCUT2D eigenvalue weighted by molar-refractivity contribution is 0.0715. The first kappa shape index (κ1) is 24.8. The molecule has 4 heterocycles. The van der Waals surface area contributed by atoms with E-state index in [9.17, 15) is 22.4 Å². The van der Waals surface area contributed by atoms with Crippen LogP contribution in [0.1, 0.15) is 24.4 Å². The van der Waals surface area contributed by atoms with E-state index >= 15 is 0 Å². The number of rotatable bonds is 5. The van der Waals surface area contributed by atoms with Crippen LogP contribution >= 0.6 is 0 Å². The molecule has 3 aromatic heterocycles. The number of pyridine rings is 2. The molecule has 1 aliphatic rings. The SMILES string of the molecule is COc1cc2c(=O)c3c4ccc(C#N)cc4[nH]c3n(C3CCOCC3)c2cc1-c1cncc(OS(=O)(=O)F)c1. The van der Waals surface area contributed by atoms with Crippen LogP contribution in [0.25, 0.3) is 44.0 Å². The summed E-state index contributed by atoms with van der Waals surface area (Å²) in [5.41, 5.74) is 3.08. The van der Waals surface area contributed by atoms with E-state index in [0.29, 0.717) is 81.3 Å². The topological polar surface area (TPSA) is 136 Å². The van der Waals surface area contributed by atoms with Gasteiger partial charge in [0.2, 0.25) is 0 Å². The van der Waals surface area contributed by atoms with Gasteiger partial charge in [0, 0.05) is 47.5 Å². The summed E-state index contributed by atoms with van der Waals surface area (Å²) in [6.45, 7) is 1.12. The van der Waals surface area contributed by atoms with Crippen LogP contribution in [0.5, 0.6) is 11.5 Å². The van der Waals surface area contributed by atoms with Crippen LogP contribution in [0.2, 0.25) is 0 Å². The molecule has 198 valence electrons. The average Bonchev–Trinajstić information content (AvgIpc) is 3.31. The van der Waals surface area contributed by atoms with Crippen molar-refractivity contribution in [3.8, 4) is 28.7 Å². The molecule has 0 amide bonds. The lowest BCUT2D eigenvalue weighted by Gasteiger charge is -2.27. The van der Waals surface area contributed by atoms with E-state index in [1.54, 1.807) is 30.3 Å². The second kappa shape index (κ2) is 9.37.